The number of aliphatic carboxylic acids is 1. The lowest BCUT2D eigenvalue weighted by Gasteiger charge is -2.39. The van der Waals surface area contributed by atoms with Crippen molar-refractivity contribution in [3.05, 3.63) is 0 Å². The third kappa shape index (κ3) is 3.35. The molecule has 0 aromatic rings. The van der Waals surface area contributed by atoms with Gasteiger partial charge in [-0.3, -0.25) is 4.79 Å². The van der Waals surface area contributed by atoms with E-state index in [1.165, 1.54) is 0 Å². The lowest BCUT2D eigenvalue weighted by Crippen LogP contribution is -2.52. The van der Waals surface area contributed by atoms with E-state index >= 15 is 0 Å². The van der Waals surface area contributed by atoms with Gasteiger partial charge in [-0.15, -0.1) is 0 Å². The number of likely N-dealkylation sites (N-methyl/N-ethyl adjacent to an activating group) is 2. The highest BCUT2D eigenvalue weighted by Crippen LogP contribution is 2.29. The van der Waals surface area contributed by atoms with Crippen molar-refractivity contribution < 1.29 is 14.7 Å². The molecule has 1 saturated heterocycles. The zero-order valence-electron chi connectivity index (χ0n) is 11.4. The highest BCUT2D eigenvalue weighted by molar-refractivity contribution is 5.78. The van der Waals surface area contributed by atoms with Crippen LogP contribution in [0.2, 0.25) is 0 Å². The molecule has 18 heavy (non-hydrogen) atoms. The fourth-order valence-corrected chi connectivity index (χ4v) is 2.19. The van der Waals surface area contributed by atoms with Gasteiger partial charge in [0.15, 0.2) is 0 Å². The topological polar surface area (TPSA) is 72.9 Å². The zero-order valence-corrected chi connectivity index (χ0v) is 11.4. The van der Waals surface area contributed by atoms with Crippen molar-refractivity contribution >= 4 is 12.0 Å². The predicted molar refractivity (Wildman–Crippen MR) is 68.5 cm³/mol. The minimum Gasteiger partial charge on any atom is -0.481 e. The number of amides is 2. The maximum Gasteiger partial charge on any atom is 0.319 e. The summed E-state index contributed by atoms with van der Waals surface area (Å²) in [5.74, 6) is -0.821. The van der Waals surface area contributed by atoms with Crippen molar-refractivity contribution in [2.24, 2.45) is 5.41 Å². The summed E-state index contributed by atoms with van der Waals surface area (Å²) in [5.41, 5.74) is -0.808. The summed E-state index contributed by atoms with van der Waals surface area (Å²) in [6.45, 7) is 4.00. The average Bonchev–Trinajstić information content (AvgIpc) is 2.34. The fraction of sp³-hybridized carbons (Fsp3) is 0.833. The summed E-state index contributed by atoms with van der Waals surface area (Å²) < 4.78 is 0. The van der Waals surface area contributed by atoms with Crippen LogP contribution in [0.25, 0.3) is 0 Å². The van der Waals surface area contributed by atoms with Gasteiger partial charge in [0, 0.05) is 33.2 Å². The van der Waals surface area contributed by atoms with E-state index in [-0.39, 0.29) is 6.03 Å². The van der Waals surface area contributed by atoms with Gasteiger partial charge in [-0.25, -0.2) is 4.79 Å². The molecule has 0 aromatic heterocycles. The van der Waals surface area contributed by atoms with Gasteiger partial charge in [0.25, 0.3) is 0 Å². The van der Waals surface area contributed by atoms with E-state index < -0.39 is 11.4 Å². The van der Waals surface area contributed by atoms with Crippen molar-refractivity contribution in [1.82, 2.24) is 15.1 Å². The van der Waals surface area contributed by atoms with Gasteiger partial charge in [-0.05, 0) is 26.8 Å². The largest absolute Gasteiger partial charge is 0.481 e. The molecule has 6 heteroatoms. The van der Waals surface area contributed by atoms with Gasteiger partial charge >= 0.3 is 12.0 Å². The molecule has 1 aliphatic rings. The molecule has 104 valence electrons. The fourth-order valence-electron chi connectivity index (χ4n) is 2.19. The first-order chi connectivity index (χ1) is 8.40. The number of rotatable bonds is 4. The highest BCUT2D eigenvalue weighted by atomic mass is 16.4. The predicted octanol–water partition coefficient (Wildman–Crippen LogP) is 0.444. The number of nitrogens with zero attached hydrogens (tertiary/aromatic N) is 2. The third-order valence-electron chi connectivity index (χ3n) is 3.51. The summed E-state index contributed by atoms with van der Waals surface area (Å²) in [6, 6.07) is -0.0857. The molecule has 1 heterocycles. The van der Waals surface area contributed by atoms with E-state index in [1.807, 2.05) is 7.05 Å². The molecule has 6 nitrogen and oxygen atoms in total. The van der Waals surface area contributed by atoms with Crippen LogP contribution in [0, 0.1) is 5.41 Å². The third-order valence-corrected chi connectivity index (χ3v) is 3.51. The van der Waals surface area contributed by atoms with E-state index in [0.29, 0.717) is 26.1 Å². The number of urea groups is 1. The first-order valence-corrected chi connectivity index (χ1v) is 6.29. The Morgan fingerprint density at radius 2 is 2.17 bits per heavy atom. The molecular weight excluding hydrogens is 234 g/mol. The monoisotopic (exact) mass is 257 g/mol. The Morgan fingerprint density at radius 3 is 2.72 bits per heavy atom. The van der Waals surface area contributed by atoms with Crippen LogP contribution in [0.1, 0.15) is 19.8 Å². The van der Waals surface area contributed by atoms with Gasteiger partial charge in [0.1, 0.15) is 0 Å². The molecule has 2 amide bonds. The molecule has 0 radical (unpaired) electrons. The molecule has 1 fully saturated rings. The van der Waals surface area contributed by atoms with Crippen molar-refractivity contribution in [3.8, 4) is 0 Å². The van der Waals surface area contributed by atoms with Gasteiger partial charge in [0.05, 0.1) is 5.41 Å². The first-order valence-electron chi connectivity index (χ1n) is 6.29. The number of hydrogen-bond acceptors (Lipinski definition) is 3. The quantitative estimate of drug-likeness (QED) is 0.766. The number of hydrogen-bond donors (Lipinski definition) is 2. The molecule has 1 rings (SSSR count). The molecule has 0 aromatic carbocycles. The Labute approximate surface area is 108 Å². The molecule has 1 atom stereocenters. The van der Waals surface area contributed by atoms with Gasteiger partial charge in [-0.2, -0.15) is 0 Å². The van der Waals surface area contributed by atoms with Crippen molar-refractivity contribution in [1.29, 1.82) is 0 Å². The van der Waals surface area contributed by atoms with Gasteiger partial charge in [-0.1, -0.05) is 0 Å². The minimum atomic E-state index is -0.821. The second-order valence-electron chi connectivity index (χ2n) is 5.20. The zero-order chi connectivity index (χ0) is 13.8. The second kappa shape index (κ2) is 6.04. The molecule has 0 bridgehead atoms. The van der Waals surface area contributed by atoms with Crippen LogP contribution >= 0.6 is 0 Å². The normalized spacial score (nSPS) is 23.8. The highest BCUT2D eigenvalue weighted by Gasteiger charge is 2.39. The Kier molecular flexibility index (Phi) is 4.95. The molecule has 0 spiro atoms. The number of piperidine rings is 1. The average molecular weight is 257 g/mol. The summed E-state index contributed by atoms with van der Waals surface area (Å²) >= 11 is 0. The summed E-state index contributed by atoms with van der Waals surface area (Å²) in [6.07, 6.45) is 1.38. The maximum absolute atomic E-state index is 12.1. The van der Waals surface area contributed by atoms with E-state index in [1.54, 1.807) is 23.8 Å². The van der Waals surface area contributed by atoms with Crippen LogP contribution < -0.4 is 5.32 Å². The van der Waals surface area contributed by atoms with Crippen molar-refractivity contribution in [2.45, 2.75) is 19.8 Å². The molecular formula is C12H23N3O3. The Morgan fingerprint density at radius 1 is 1.50 bits per heavy atom. The summed E-state index contributed by atoms with van der Waals surface area (Å²) in [7, 11) is 3.58. The Bertz CT molecular complexity index is 322. The number of carbonyl (C=O) groups excluding carboxylic acids is 1. The van der Waals surface area contributed by atoms with Crippen LogP contribution in [0.5, 0.6) is 0 Å². The first kappa shape index (κ1) is 14.8. The van der Waals surface area contributed by atoms with E-state index in [9.17, 15) is 14.7 Å². The van der Waals surface area contributed by atoms with Crippen LogP contribution in [-0.4, -0.2) is 67.2 Å². The lowest BCUT2D eigenvalue weighted by atomic mass is 9.82. The van der Waals surface area contributed by atoms with Gasteiger partial charge in [0.2, 0.25) is 0 Å². The minimum absolute atomic E-state index is 0.0857. The maximum atomic E-state index is 12.1. The van der Waals surface area contributed by atoms with Crippen molar-refractivity contribution in [2.75, 3.05) is 40.3 Å². The van der Waals surface area contributed by atoms with E-state index in [2.05, 4.69) is 5.32 Å². The second-order valence-corrected chi connectivity index (χ2v) is 5.20. The summed E-state index contributed by atoms with van der Waals surface area (Å²) in [4.78, 5) is 26.6. The number of carboxylic acids is 1. The standard InChI is InChI=1S/C12H23N3O3/c1-12(10(16)17)5-4-7-15(9-12)11(18)14(3)8-6-13-2/h13H,4-9H2,1-3H3,(H,16,17). The van der Waals surface area contributed by atoms with E-state index in [4.69, 9.17) is 0 Å². The number of likely N-dealkylation sites (tertiary alicyclic amines) is 1. The van der Waals surface area contributed by atoms with Crippen LogP contribution in [-0.2, 0) is 4.79 Å². The molecule has 1 aliphatic heterocycles. The molecule has 1 unspecified atom stereocenters. The Hall–Kier alpha value is -1.30. The number of carbonyl (C=O) groups is 2. The van der Waals surface area contributed by atoms with E-state index in [0.717, 1.165) is 13.0 Å². The van der Waals surface area contributed by atoms with Crippen molar-refractivity contribution in [3.63, 3.8) is 0 Å². The number of nitrogens with one attached hydrogen (secondary N) is 1. The van der Waals surface area contributed by atoms with Crippen LogP contribution in [0.4, 0.5) is 4.79 Å². The van der Waals surface area contributed by atoms with Crippen LogP contribution in [0.15, 0.2) is 0 Å². The molecule has 0 aliphatic carbocycles. The smallest absolute Gasteiger partial charge is 0.319 e. The Balaban J connectivity index is 2.61. The molecule has 0 saturated carbocycles. The molecule has 2 N–H and O–H groups in total. The van der Waals surface area contributed by atoms with Gasteiger partial charge < -0.3 is 20.2 Å². The summed E-state index contributed by atoms with van der Waals surface area (Å²) in [5, 5.41) is 12.2. The number of carboxylic acid groups (broad SMARTS) is 1. The SMILES string of the molecule is CNCCN(C)C(=O)N1CCCC(C)(C(=O)O)C1. The lowest BCUT2D eigenvalue weighted by molar-refractivity contribution is -0.150. The van der Waals surface area contributed by atoms with Crippen LogP contribution in [0.3, 0.4) is 0 Å².